The van der Waals surface area contributed by atoms with Gasteiger partial charge < -0.3 is 9.52 Å². The van der Waals surface area contributed by atoms with Crippen LogP contribution in [0, 0.1) is 5.92 Å². The van der Waals surface area contributed by atoms with E-state index in [2.05, 4.69) is 0 Å². The number of rotatable bonds is 3. The summed E-state index contributed by atoms with van der Waals surface area (Å²) in [5, 5.41) is 11.5. The molecular weight excluding hydrogens is 360 g/mol. The van der Waals surface area contributed by atoms with Crippen LogP contribution in [0.4, 0.5) is 0 Å². The summed E-state index contributed by atoms with van der Waals surface area (Å²) in [7, 11) is 0. The number of halogens is 1. The average Bonchev–Trinajstić information content (AvgIpc) is 2.66. The molecule has 1 aliphatic rings. The summed E-state index contributed by atoms with van der Waals surface area (Å²) < 4.78 is 5.87. The van der Waals surface area contributed by atoms with Crippen LogP contribution in [0.25, 0.3) is 22.1 Å². The Kier molecular flexibility index (Phi) is 5.91. The molecule has 1 N–H and O–H groups in total. The van der Waals surface area contributed by atoms with Crippen LogP contribution in [-0.2, 0) is 6.42 Å². The molecule has 1 aliphatic carbocycles. The van der Waals surface area contributed by atoms with E-state index in [0.717, 1.165) is 17.5 Å². The van der Waals surface area contributed by atoms with Gasteiger partial charge in [0.2, 0.25) is 5.43 Å². The van der Waals surface area contributed by atoms with Crippen LogP contribution < -0.4 is 5.43 Å². The van der Waals surface area contributed by atoms with Crippen LogP contribution >= 0.6 is 11.6 Å². The molecule has 27 heavy (non-hydrogen) atoms. The highest BCUT2D eigenvalue weighted by Crippen LogP contribution is 2.34. The molecule has 0 spiro atoms. The second kappa shape index (κ2) is 8.18. The predicted molar refractivity (Wildman–Crippen MR) is 112 cm³/mol. The van der Waals surface area contributed by atoms with Crippen LogP contribution in [0.15, 0.2) is 51.9 Å². The third kappa shape index (κ3) is 3.89. The third-order valence-corrected chi connectivity index (χ3v) is 5.64. The highest BCUT2D eigenvalue weighted by atomic mass is 35.5. The van der Waals surface area contributed by atoms with Crippen molar-refractivity contribution in [3.05, 3.63) is 63.5 Å². The van der Waals surface area contributed by atoms with Crippen molar-refractivity contribution in [1.82, 2.24) is 0 Å². The van der Waals surface area contributed by atoms with Crippen LogP contribution in [0.5, 0.6) is 5.75 Å². The van der Waals surface area contributed by atoms with Gasteiger partial charge in [-0.2, -0.15) is 0 Å². The number of phenols is 1. The van der Waals surface area contributed by atoms with E-state index in [4.69, 9.17) is 16.0 Å². The highest BCUT2D eigenvalue weighted by molar-refractivity contribution is 6.30. The van der Waals surface area contributed by atoms with Gasteiger partial charge in [0, 0.05) is 10.6 Å². The molecule has 0 amide bonds. The predicted octanol–water partition coefficient (Wildman–Crippen LogP) is 6.58. The molecule has 1 heterocycles. The molecule has 1 fully saturated rings. The molecule has 0 unspecified atom stereocenters. The summed E-state index contributed by atoms with van der Waals surface area (Å²) in [6, 6.07) is 10.4. The average molecular weight is 385 g/mol. The molecule has 0 radical (unpaired) electrons. The Morgan fingerprint density at radius 1 is 1.04 bits per heavy atom. The van der Waals surface area contributed by atoms with E-state index in [0.29, 0.717) is 27.5 Å². The van der Waals surface area contributed by atoms with Gasteiger partial charge in [-0.25, -0.2) is 0 Å². The summed E-state index contributed by atoms with van der Waals surface area (Å²) in [6.45, 7) is 0. The number of fused-ring (bicyclic) bond motifs is 1. The van der Waals surface area contributed by atoms with Gasteiger partial charge in [-0.1, -0.05) is 63.3 Å². The van der Waals surface area contributed by atoms with Crippen molar-refractivity contribution in [2.24, 2.45) is 5.92 Å². The van der Waals surface area contributed by atoms with E-state index in [-0.39, 0.29) is 18.6 Å². The van der Waals surface area contributed by atoms with E-state index < -0.39 is 0 Å². The van der Waals surface area contributed by atoms with E-state index in [1.807, 2.05) is 12.1 Å². The van der Waals surface area contributed by atoms with Crippen LogP contribution in [0.1, 0.15) is 45.1 Å². The van der Waals surface area contributed by atoms with Crippen molar-refractivity contribution in [1.29, 1.82) is 0 Å². The van der Waals surface area contributed by atoms with Gasteiger partial charge in [-0.3, -0.25) is 4.79 Å². The molecule has 0 saturated heterocycles. The number of hydrogen-bond acceptors (Lipinski definition) is 3. The Hall–Kier alpha value is -2.26. The minimum atomic E-state index is -0.0848. The summed E-state index contributed by atoms with van der Waals surface area (Å²) in [5.41, 5.74) is 2.46. The monoisotopic (exact) mass is 384 g/mol. The maximum absolute atomic E-state index is 13.0. The van der Waals surface area contributed by atoms with Crippen molar-refractivity contribution in [3.8, 4) is 16.9 Å². The first-order valence-corrected chi connectivity index (χ1v) is 9.53. The van der Waals surface area contributed by atoms with Crippen molar-refractivity contribution in [3.63, 3.8) is 0 Å². The Balaban J connectivity index is 0.00000210. The summed E-state index contributed by atoms with van der Waals surface area (Å²) in [5.74, 6) is 0.756. The molecule has 1 aromatic heterocycles. The molecule has 3 aromatic rings. The first kappa shape index (κ1) is 19.5. The maximum atomic E-state index is 13.0. The zero-order valence-corrected chi connectivity index (χ0v) is 15.3. The molecule has 2 aromatic carbocycles. The summed E-state index contributed by atoms with van der Waals surface area (Å²) >= 11 is 5.94. The molecule has 3 nitrogen and oxygen atoms in total. The minimum Gasteiger partial charge on any atom is -0.508 e. The summed E-state index contributed by atoms with van der Waals surface area (Å²) in [6.07, 6.45) is 8.36. The maximum Gasteiger partial charge on any atom is 0.200 e. The Morgan fingerprint density at radius 2 is 1.74 bits per heavy atom. The molecule has 4 heteroatoms. The first-order chi connectivity index (χ1) is 12.6. The Labute approximate surface area is 164 Å². The van der Waals surface area contributed by atoms with E-state index >= 15 is 0 Å². The standard InChI is InChI=1S/C22H21ClO3.CH4/c23-16-8-6-15(7-9-16)19-13-26-22-17(21(19)25)10-11-20(24)18(22)12-14-4-2-1-3-5-14;/h6-11,13-14,24H,1-5,12H2;1H4. The van der Waals surface area contributed by atoms with Crippen molar-refractivity contribution in [2.45, 2.75) is 46.0 Å². The molecule has 1 saturated carbocycles. The quantitative estimate of drug-likeness (QED) is 0.555. The fourth-order valence-electron chi connectivity index (χ4n) is 3.95. The van der Waals surface area contributed by atoms with Crippen LogP contribution in [-0.4, -0.2) is 5.11 Å². The number of benzene rings is 2. The van der Waals surface area contributed by atoms with Crippen molar-refractivity contribution >= 4 is 22.6 Å². The van der Waals surface area contributed by atoms with Gasteiger partial charge in [0.1, 0.15) is 17.6 Å². The molecule has 0 aliphatic heterocycles. The first-order valence-electron chi connectivity index (χ1n) is 9.16. The minimum absolute atomic E-state index is 0. The van der Waals surface area contributed by atoms with Gasteiger partial charge >= 0.3 is 0 Å². The van der Waals surface area contributed by atoms with Crippen LogP contribution in [0.3, 0.4) is 0 Å². The van der Waals surface area contributed by atoms with Gasteiger partial charge in [-0.15, -0.1) is 0 Å². The van der Waals surface area contributed by atoms with Gasteiger partial charge in [0.05, 0.1) is 10.9 Å². The lowest BCUT2D eigenvalue weighted by atomic mass is 9.84. The molecular formula is C23H25ClO3. The zero-order valence-electron chi connectivity index (χ0n) is 14.5. The SMILES string of the molecule is C.O=c1c(-c2ccc(Cl)cc2)coc2c(CC3CCCCC3)c(O)ccc12. The fourth-order valence-corrected chi connectivity index (χ4v) is 4.08. The van der Waals surface area contributed by atoms with Gasteiger partial charge in [-0.05, 0) is 42.2 Å². The lowest BCUT2D eigenvalue weighted by molar-refractivity contribution is 0.351. The second-order valence-corrected chi connectivity index (χ2v) is 7.57. The number of aromatic hydroxyl groups is 1. The van der Waals surface area contributed by atoms with Crippen molar-refractivity contribution < 1.29 is 9.52 Å². The Bertz CT molecular complexity index is 983. The van der Waals surface area contributed by atoms with E-state index in [1.54, 1.807) is 24.3 Å². The zero-order chi connectivity index (χ0) is 18.1. The smallest absolute Gasteiger partial charge is 0.200 e. The number of phenolic OH excluding ortho intramolecular Hbond substituents is 1. The fraction of sp³-hybridized carbons (Fsp3) is 0.348. The van der Waals surface area contributed by atoms with E-state index in [9.17, 15) is 9.90 Å². The van der Waals surface area contributed by atoms with Crippen LogP contribution in [0.2, 0.25) is 5.02 Å². The summed E-state index contributed by atoms with van der Waals surface area (Å²) in [4.78, 5) is 13.0. The molecule has 142 valence electrons. The normalized spacial score (nSPS) is 14.9. The lowest BCUT2D eigenvalue weighted by Gasteiger charge is -2.22. The third-order valence-electron chi connectivity index (χ3n) is 5.39. The molecule has 0 bridgehead atoms. The highest BCUT2D eigenvalue weighted by Gasteiger charge is 2.20. The van der Waals surface area contributed by atoms with Gasteiger partial charge in [0.25, 0.3) is 0 Å². The molecule has 4 rings (SSSR count). The van der Waals surface area contributed by atoms with Crippen molar-refractivity contribution in [2.75, 3.05) is 0 Å². The van der Waals surface area contributed by atoms with E-state index in [1.165, 1.54) is 38.4 Å². The van der Waals surface area contributed by atoms with Gasteiger partial charge in [0.15, 0.2) is 0 Å². The number of hydrogen-bond donors (Lipinski definition) is 1. The topological polar surface area (TPSA) is 50.4 Å². The lowest BCUT2D eigenvalue weighted by Crippen LogP contribution is -2.11. The largest absolute Gasteiger partial charge is 0.508 e. The molecule has 0 atom stereocenters. The Morgan fingerprint density at radius 3 is 2.44 bits per heavy atom. The second-order valence-electron chi connectivity index (χ2n) is 7.13.